The zero-order valence-electron chi connectivity index (χ0n) is 27.1. The van der Waals surface area contributed by atoms with Gasteiger partial charge in [0, 0.05) is 56.9 Å². The lowest BCUT2D eigenvalue weighted by atomic mass is 10.00. The van der Waals surface area contributed by atoms with Crippen LogP contribution in [0.15, 0.2) is 162 Å². The Balaban J connectivity index is 1.12. The highest BCUT2D eigenvalue weighted by molar-refractivity contribution is 7.26. The van der Waals surface area contributed by atoms with E-state index in [1.54, 1.807) is 0 Å². The van der Waals surface area contributed by atoms with Crippen molar-refractivity contribution >= 4 is 85.1 Å². The van der Waals surface area contributed by atoms with Crippen LogP contribution >= 0.6 is 22.7 Å². The van der Waals surface area contributed by atoms with Gasteiger partial charge in [-0.2, -0.15) is 0 Å². The molecule has 0 saturated carbocycles. The lowest BCUT2D eigenvalue weighted by Crippen LogP contribution is -1.94. The molecule has 0 bridgehead atoms. The highest BCUT2D eigenvalue weighted by atomic mass is 32.1. The Kier molecular flexibility index (Phi) is 6.29. The quantitative estimate of drug-likeness (QED) is 0.185. The molecule has 3 nitrogen and oxygen atoms in total. The van der Waals surface area contributed by atoms with E-state index in [2.05, 4.69) is 140 Å². The molecule has 7 aromatic carbocycles. The molecule has 51 heavy (non-hydrogen) atoms. The van der Waals surface area contributed by atoms with Crippen LogP contribution in [0.2, 0.25) is 0 Å². The molecule has 0 N–H and O–H groups in total. The summed E-state index contributed by atoms with van der Waals surface area (Å²) in [6.45, 7) is 0. The van der Waals surface area contributed by atoms with E-state index < -0.39 is 0 Å². The fraction of sp³-hybridized carbons (Fsp3) is 0. The Morgan fingerprint density at radius 2 is 0.980 bits per heavy atom. The van der Waals surface area contributed by atoms with Crippen LogP contribution < -0.4 is 0 Å². The second-order valence-corrected chi connectivity index (χ2v) is 15.0. The molecule has 0 atom stereocenters. The number of hydrogen-bond acceptors (Lipinski definition) is 5. The number of aromatic nitrogens is 2. The van der Waals surface area contributed by atoms with E-state index in [1.807, 2.05) is 40.9 Å². The number of fused-ring (bicyclic) bond motifs is 9. The largest absolute Gasteiger partial charge is 0.452 e. The number of furan rings is 1. The second kappa shape index (κ2) is 11.2. The lowest BCUT2D eigenvalue weighted by molar-refractivity contribution is 0.667. The summed E-state index contributed by atoms with van der Waals surface area (Å²) >= 11 is 3.69. The fourth-order valence-electron chi connectivity index (χ4n) is 7.51. The smallest absolute Gasteiger partial charge is 0.180 e. The number of benzene rings is 7. The zero-order chi connectivity index (χ0) is 33.5. The van der Waals surface area contributed by atoms with Crippen molar-refractivity contribution in [1.29, 1.82) is 0 Å². The number of nitrogens with zero attached hydrogens (tertiary/aromatic N) is 2. The first-order valence-corrected chi connectivity index (χ1v) is 18.6. The third kappa shape index (κ3) is 4.49. The molecule has 4 aromatic heterocycles. The molecule has 0 amide bonds. The van der Waals surface area contributed by atoms with Gasteiger partial charge in [-0.25, -0.2) is 9.97 Å². The highest BCUT2D eigenvalue weighted by Crippen LogP contribution is 2.43. The predicted octanol–water partition coefficient (Wildman–Crippen LogP) is 13.8. The van der Waals surface area contributed by atoms with Crippen LogP contribution in [0, 0.1) is 0 Å². The molecule has 0 aliphatic heterocycles. The molecule has 11 rings (SSSR count). The van der Waals surface area contributed by atoms with Gasteiger partial charge in [0.05, 0.1) is 0 Å². The van der Waals surface area contributed by atoms with Crippen molar-refractivity contribution in [2.24, 2.45) is 0 Å². The van der Waals surface area contributed by atoms with Crippen LogP contribution in [0.3, 0.4) is 0 Å². The first kappa shape index (κ1) is 28.7. The third-order valence-corrected chi connectivity index (χ3v) is 12.4. The van der Waals surface area contributed by atoms with Crippen molar-refractivity contribution in [3.63, 3.8) is 0 Å². The first-order valence-electron chi connectivity index (χ1n) is 17.0. The minimum absolute atomic E-state index is 0.673. The summed E-state index contributed by atoms with van der Waals surface area (Å²) < 4.78 is 11.8. The van der Waals surface area contributed by atoms with Gasteiger partial charge in [0.25, 0.3) is 0 Å². The van der Waals surface area contributed by atoms with Crippen LogP contribution in [0.25, 0.3) is 107 Å². The third-order valence-electron chi connectivity index (χ3n) is 9.91. The standard InChI is InChI=1S/C46H26N2OS2/c1-2-11-27(12-3-1)41-43-42(37-26-29(23-24-38(37)49-43)32-18-10-20-36-34-16-5-7-22-40(34)51-45(32)36)48-46(47-41)30-14-8-13-28(25-30)31-17-9-19-35-33-15-4-6-21-39(33)50-44(31)35/h1-26H. The van der Waals surface area contributed by atoms with Crippen molar-refractivity contribution in [2.45, 2.75) is 0 Å². The Morgan fingerprint density at radius 3 is 1.69 bits per heavy atom. The Labute approximate surface area is 300 Å². The predicted molar refractivity (Wildman–Crippen MR) is 217 cm³/mol. The van der Waals surface area contributed by atoms with Gasteiger partial charge in [-0.3, -0.25) is 0 Å². The molecule has 0 radical (unpaired) electrons. The molecule has 11 aromatic rings. The molecule has 0 fully saturated rings. The van der Waals surface area contributed by atoms with Crippen molar-refractivity contribution in [1.82, 2.24) is 9.97 Å². The van der Waals surface area contributed by atoms with Gasteiger partial charge in [-0.05, 0) is 52.6 Å². The van der Waals surface area contributed by atoms with E-state index >= 15 is 0 Å². The van der Waals surface area contributed by atoms with Gasteiger partial charge < -0.3 is 4.42 Å². The van der Waals surface area contributed by atoms with Crippen molar-refractivity contribution in [3.8, 4) is 44.9 Å². The lowest BCUT2D eigenvalue weighted by Gasteiger charge is -2.09. The van der Waals surface area contributed by atoms with E-state index in [9.17, 15) is 0 Å². The topological polar surface area (TPSA) is 38.9 Å². The summed E-state index contributed by atoms with van der Waals surface area (Å²) in [5.74, 6) is 0.673. The Hall–Kier alpha value is -6.14. The minimum Gasteiger partial charge on any atom is -0.452 e. The van der Waals surface area contributed by atoms with Gasteiger partial charge in [0.1, 0.15) is 16.8 Å². The Morgan fingerprint density at radius 1 is 0.412 bits per heavy atom. The maximum absolute atomic E-state index is 6.60. The summed E-state index contributed by atoms with van der Waals surface area (Å²) in [6.07, 6.45) is 0. The van der Waals surface area contributed by atoms with Crippen molar-refractivity contribution in [2.75, 3.05) is 0 Å². The van der Waals surface area contributed by atoms with Crippen LogP contribution in [-0.2, 0) is 0 Å². The zero-order valence-corrected chi connectivity index (χ0v) is 28.8. The molecule has 0 aliphatic carbocycles. The monoisotopic (exact) mass is 686 g/mol. The second-order valence-electron chi connectivity index (χ2n) is 12.9. The van der Waals surface area contributed by atoms with Crippen LogP contribution in [0.5, 0.6) is 0 Å². The maximum Gasteiger partial charge on any atom is 0.180 e. The van der Waals surface area contributed by atoms with Crippen molar-refractivity contribution in [3.05, 3.63) is 158 Å². The molecule has 0 spiro atoms. The molecule has 5 heteroatoms. The summed E-state index contributed by atoms with van der Waals surface area (Å²) in [7, 11) is 0. The average molecular weight is 687 g/mol. The highest BCUT2D eigenvalue weighted by Gasteiger charge is 2.20. The summed E-state index contributed by atoms with van der Waals surface area (Å²) in [6, 6.07) is 55.9. The van der Waals surface area contributed by atoms with E-state index in [4.69, 9.17) is 14.4 Å². The SMILES string of the molecule is c1ccc(-c2nc(-c3cccc(-c4cccc5c4sc4ccccc45)c3)nc3c2oc2ccc(-c4cccc5c4sc4ccccc45)cc23)cc1. The van der Waals surface area contributed by atoms with Crippen LogP contribution in [0.1, 0.15) is 0 Å². The van der Waals surface area contributed by atoms with Gasteiger partial charge in [0.15, 0.2) is 11.4 Å². The fourth-order valence-corrected chi connectivity index (χ4v) is 9.98. The molecule has 4 heterocycles. The number of rotatable bonds is 4. The van der Waals surface area contributed by atoms with E-state index in [1.165, 1.54) is 51.5 Å². The van der Waals surface area contributed by atoms with Gasteiger partial charge in [-0.1, -0.05) is 127 Å². The molecule has 0 aliphatic rings. The summed E-state index contributed by atoms with van der Waals surface area (Å²) in [4.78, 5) is 10.5. The normalized spacial score (nSPS) is 11.9. The number of hydrogen-bond donors (Lipinski definition) is 0. The van der Waals surface area contributed by atoms with Gasteiger partial charge >= 0.3 is 0 Å². The van der Waals surface area contributed by atoms with Crippen LogP contribution in [-0.4, -0.2) is 9.97 Å². The Bertz CT molecular complexity index is 3150. The van der Waals surface area contributed by atoms with Gasteiger partial charge in [0.2, 0.25) is 0 Å². The molecule has 238 valence electrons. The summed E-state index contributed by atoms with van der Waals surface area (Å²) in [5.41, 5.74) is 9.77. The van der Waals surface area contributed by atoms with Crippen LogP contribution in [0.4, 0.5) is 0 Å². The molecule has 0 unspecified atom stereocenters. The average Bonchev–Trinajstić information content (AvgIpc) is 3.89. The molecule has 0 saturated heterocycles. The first-order chi connectivity index (χ1) is 25.3. The summed E-state index contributed by atoms with van der Waals surface area (Å²) in [5, 5.41) is 6.14. The minimum atomic E-state index is 0.673. The number of thiophene rings is 2. The van der Waals surface area contributed by atoms with E-state index in [0.29, 0.717) is 11.4 Å². The van der Waals surface area contributed by atoms with Gasteiger partial charge in [-0.15, -0.1) is 22.7 Å². The molecular formula is C46H26N2OS2. The molecular weight excluding hydrogens is 661 g/mol. The van der Waals surface area contributed by atoms with E-state index in [-0.39, 0.29) is 0 Å². The van der Waals surface area contributed by atoms with E-state index in [0.717, 1.165) is 44.4 Å². The maximum atomic E-state index is 6.60. The van der Waals surface area contributed by atoms with Crippen molar-refractivity contribution < 1.29 is 4.42 Å².